The van der Waals surface area contributed by atoms with E-state index in [1.165, 1.54) is 10.6 Å². The third-order valence-electron chi connectivity index (χ3n) is 2.62. The first kappa shape index (κ1) is 13.2. The molecule has 1 aliphatic heterocycles. The van der Waals surface area contributed by atoms with E-state index >= 15 is 0 Å². The normalized spacial score (nSPS) is 18.4. The zero-order valence-corrected chi connectivity index (χ0v) is 10.4. The van der Waals surface area contributed by atoms with Crippen LogP contribution in [0.1, 0.15) is 12.8 Å². The van der Waals surface area contributed by atoms with Gasteiger partial charge in [0.05, 0.1) is 6.26 Å². The molecule has 92 valence electrons. The lowest BCUT2D eigenvalue weighted by molar-refractivity contribution is -0.132. The highest BCUT2D eigenvalue weighted by Gasteiger charge is 2.25. The van der Waals surface area contributed by atoms with Crippen LogP contribution in [-0.4, -0.2) is 56.0 Å². The van der Waals surface area contributed by atoms with E-state index in [-0.39, 0.29) is 5.91 Å². The first-order chi connectivity index (χ1) is 7.45. The van der Waals surface area contributed by atoms with Crippen LogP contribution in [0.3, 0.4) is 0 Å². The van der Waals surface area contributed by atoms with Crippen LogP contribution in [0.15, 0.2) is 12.7 Å². The average molecular weight is 246 g/mol. The zero-order chi connectivity index (χ0) is 12.2. The van der Waals surface area contributed by atoms with Gasteiger partial charge >= 0.3 is 0 Å². The minimum atomic E-state index is -3.11. The monoisotopic (exact) mass is 246 g/mol. The summed E-state index contributed by atoms with van der Waals surface area (Å²) in [6, 6.07) is 0. The molecule has 16 heavy (non-hydrogen) atoms. The van der Waals surface area contributed by atoms with Gasteiger partial charge in [-0.15, -0.1) is 6.58 Å². The standard InChI is InChI=1S/C10H18N2O3S/c1-3-4-5-10(13)11-6-8-12(9-7-11)16(2,14)15/h3H,1,4-9H2,2H3. The predicted molar refractivity (Wildman–Crippen MR) is 62.4 cm³/mol. The highest BCUT2D eigenvalue weighted by Crippen LogP contribution is 2.08. The Labute approximate surface area is 96.8 Å². The van der Waals surface area contributed by atoms with Gasteiger partial charge in [-0.2, -0.15) is 4.31 Å². The van der Waals surface area contributed by atoms with E-state index in [0.29, 0.717) is 39.0 Å². The molecule has 6 heteroatoms. The fraction of sp³-hybridized carbons (Fsp3) is 0.700. The zero-order valence-electron chi connectivity index (χ0n) is 9.55. The van der Waals surface area contributed by atoms with Crippen LogP contribution in [0.5, 0.6) is 0 Å². The van der Waals surface area contributed by atoms with Crippen LogP contribution in [0.25, 0.3) is 0 Å². The molecule has 0 saturated carbocycles. The quantitative estimate of drug-likeness (QED) is 0.659. The second-order valence-corrected chi connectivity index (χ2v) is 5.85. The van der Waals surface area contributed by atoms with Crippen molar-refractivity contribution in [2.24, 2.45) is 0 Å². The summed E-state index contributed by atoms with van der Waals surface area (Å²) < 4.78 is 23.9. The summed E-state index contributed by atoms with van der Waals surface area (Å²) in [5, 5.41) is 0. The van der Waals surface area contributed by atoms with Crippen LogP contribution >= 0.6 is 0 Å². The fourth-order valence-electron chi connectivity index (χ4n) is 1.65. The molecule has 0 aliphatic carbocycles. The summed E-state index contributed by atoms with van der Waals surface area (Å²) in [5.41, 5.74) is 0. The smallest absolute Gasteiger partial charge is 0.222 e. The van der Waals surface area contributed by atoms with E-state index in [9.17, 15) is 13.2 Å². The van der Waals surface area contributed by atoms with E-state index in [0.717, 1.165) is 0 Å². The van der Waals surface area contributed by atoms with Gasteiger partial charge in [-0.05, 0) is 6.42 Å². The lowest BCUT2D eigenvalue weighted by Crippen LogP contribution is -2.50. The summed E-state index contributed by atoms with van der Waals surface area (Å²) in [4.78, 5) is 13.3. The molecule has 1 rings (SSSR count). The maximum Gasteiger partial charge on any atom is 0.222 e. The molecule has 0 spiro atoms. The number of carbonyl (C=O) groups is 1. The molecule has 1 aliphatic rings. The molecule has 1 amide bonds. The number of carbonyl (C=O) groups excluding carboxylic acids is 1. The van der Waals surface area contributed by atoms with Crippen molar-refractivity contribution in [1.29, 1.82) is 0 Å². The molecule has 5 nitrogen and oxygen atoms in total. The van der Waals surface area contributed by atoms with Crippen LogP contribution in [-0.2, 0) is 14.8 Å². The van der Waals surface area contributed by atoms with Gasteiger partial charge in [0.1, 0.15) is 0 Å². The van der Waals surface area contributed by atoms with Gasteiger partial charge in [-0.25, -0.2) is 8.42 Å². The third-order valence-corrected chi connectivity index (χ3v) is 3.93. The highest BCUT2D eigenvalue weighted by atomic mass is 32.2. The van der Waals surface area contributed by atoms with Gasteiger partial charge in [0.25, 0.3) is 0 Å². The van der Waals surface area contributed by atoms with Gasteiger partial charge in [0.15, 0.2) is 0 Å². The number of allylic oxidation sites excluding steroid dienone is 1. The van der Waals surface area contributed by atoms with Crippen LogP contribution in [0.4, 0.5) is 0 Å². The SMILES string of the molecule is C=CCCC(=O)N1CCN(S(C)(=O)=O)CC1. The maximum atomic E-state index is 11.6. The molecule has 0 atom stereocenters. The van der Waals surface area contributed by atoms with Gasteiger partial charge in [-0.3, -0.25) is 4.79 Å². The number of piperazine rings is 1. The Morgan fingerprint density at radius 2 is 1.88 bits per heavy atom. The summed E-state index contributed by atoms with van der Waals surface area (Å²) in [6.45, 7) is 5.35. The van der Waals surface area contributed by atoms with E-state index in [2.05, 4.69) is 6.58 Å². The Bertz CT molecular complexity index is 356. The molecular weight excluding hydrogens is 228 g/mol. The number of hydrogen-bond acceptors (Lipinski definition) is 3. The summed E-state index contributed by atoms with van der Waals surface area (Å²) in [6.07, 6.45) is 4.04. The van der Waals surface area contributed by atoms with Crippen molar-refractivity contribution in [3.8, 4) is 0 Å². The molecule has 1 fully saturated rings. The second kappa shape index (κ2) is 5.45. The molecule has 0 bridgehead atoms. The molecule has 1 heterocycles. The second-order valence-electron chi connectivity index (χ2n) is 3.87. The third kappa shape index (κ3) is 3.61. The largest absolute Gasteiger partial charge is 0.340 e. The van der Waals surface area contributed by atoms with Gasteiger partial charge in [0.2, 0.25) is 15.9 Å². The lowest BCUT2D eigenvalue weighted by Gasteiger charge is -2.33. The predicted octanol–water partition coefficient (Wildman–Crippen LogP) is 0.0564. The molecule has 1 saturated heterocycles. The van der Waals surface area contributed by atoms with Crippen LogP contribution < -0.4 is 0 Å². The van der Waals surface area contributed by atoms with Crippen molar-refractivity contribution < 1.29 is 13.2 Å². The van der Waals surface area contributed by atoms with Crippen molar-refractivity contribution >= 4 is 15.9 Å². The van der Waals surface area contributed by atoms with Crippen LogP contribution in [0, 0.1) is 0 Å². The number of sulfonamides is 1. The van der Waals surface area contributed by atoms with E-state index in [4.69, 9.17) is 0 Å². The van der Waals surface area contributed by atoms with Crippen molar-refractivity contribution in [2.75, 3.05) is 32.4 Å². The average Bonchev–Trinajstić information content (AvgIpc) is 2.25. The number of nitrogens with zero attached hydrogens (tertiary/aromatic N) is 2. The molecule has 0 N–H and O–H groups in total. The number of amides is 1. The summed E-state index contributed by atoms with van der Waals surface area (Å²) in [7, 11) is -3.11. The van der Waals surface area contributed by atoms with Crippen molar-refractivity contribution in [1.82, 2.24) is 9.21 Å². The van der Waals surface area contributed by atoms with Gasteiger partial charge in [-0.1, -0.05) is 6.08 Å². The molecule has 0 aromatic carbocycles. The molecular formula is C10H18N2O3S. The Kier molecular flexibility index (Phi) is 4.49. The van der Waals surface area contributed by atoms with Crippen molar-refractivity contribution in [3.05, 3.63) is 12.7 Å². The topological polar surface area (TPSA) is 57.7 Å². The number of rotatable bonds is 4. The Balaban J connectivity index is 2.43. The molecule has 0 aromatic heterocycles. The van der Waals surface area contributed by atoms with Gasteiger partial charge in [0, 0.05) is 32.6 Å². The lowest BCUT2D eigenvalue weighted by atomic mass is 10.2. The minimum absolute atomic E-state index is 0.0769. The highest BCUT2D eigenvalue weighted by molar-refractivity contribution is 7.88. The van der Waals surface area contributed by atoms with E-state index in [1.807, 2.05) is 0 Å². The summed E-state index contributed by atoms with van der Waals surface area (Å²) >= 11 is 0. The van der Waals surface area contributed by atoms with E-state index < -0.39 is 10.0 Å². The molecule has 0 radical (unpaired) electrons. The van der Waals surface area contributed by atoms with E-state index in [1.54, 1.807) is 11.0 Å². The minimum Gasteiger partial charge on any atom is -0.340 e. The number of hydrogen-bond donors (Lipinski definition) is 0. The van der Waals surface area contributed by atoms with Gasteiger partial charge < -0.3 is 4.90 Å². The molecule has 0 aromatic rings. The first-order valence-corrected chi connectivity index (χ1v) is 7.14. The Morgan fingerprint density at radius 1 is 1.31 bits per heavy atom. The first-order valence-electron chi connectivity index (χ1n) is 5.29. The Morgan fingerprint density at radius 3 is 2.31 bits per heavy atom. The summed E-state index contributed by atoms with van der Waals surface area (Å²) in [5.74, 6) is 0.0769. The Hall–Kier alpha value is -0.880. The van der Waals surface area contributed by atoms with Crippen LogP contribution in [0.2, 0.25) is 0 Å². The fourth-order valence-corrected chi connectivity index (χ4v) is 2.48. The van der Waals surface area contributed by atoms with Crippen molar-refractivity contribution in [2.45, 2.75) is 12.8 Å². The maximum absolute atomic E-state index is 11.6. The molecule has 0 unspecified atom stereocenters. The van der Waals surface area contributed by atoms with Crippen molar-refractivity contribution in [3.63, 3.8) is 0 Å².